The van der Waals surface area contributed by atoms with E-state index in [4.69, 9.17) is 4.74 Å². The van der Waals surface area contributed by atoms with Crippen molar-refractivity contribution >= 4 is 0 Å². The maximum atomic E-state index is 5.75. The van der Waals surface area contributed by atoms with Gasteiger partial charge in [0.1, 0.15) is 5.82 Å². The Labute approximate surface area is 95.8 Å². The summed E-state index contributed by atoms with van der Waals surface area (Å²) in [6.45, 7) is 3.06. The van der Waals surface area contributed by atoms with Crippen molar-refractivity contribution in [2.24, 2.45) is 0 Å². The number of nitrogens with zero attached hydrogens (tertiary/aromatic N) is 1. The number of hydrogen-bond acceptors (Lipinski definition) is 3. The van der Waals surface area contributed by atoms with Gasteiger partial charge in [0.15, 0.2) is 0 Å². The number of ether oxygens (including phenoxy) is 1. The largest absolute Gasteiger partial charge is 0.372 e. The third-order valence-electron chi connectivity index (χ3n) is 3.59. The van der Waals surface area contributed by atoms with E-state index in [-0.39, 0.29) is 6.10 Å². The Bertz CT molecular complexity index is 338. The molecule has 0 aromatic carbocycles. The Morgan fingerprint density at radius 3 is 3.06 bits per heavy atom. The van der Waals surface area contributed by atoms with Crippen molar-refractivity contribution in [3.8, 4) is 0 Å². The molecular weight excluding hydrogens is 202 g/mol. The van der Waals surface area contributed by atoms with Crippen LogP contribution in [0.4, 0.5) is 0 Å². The van der Waals surface area contributed by atoms with Gasteiger partial charge in [-0.25, -0.2) is 4.98 Å². The van der Waals surface area contributed by atoms with Gasteiger partial charge in [-0.3, -0.25) is 0 Å². The summed E-state index contributed by atoms with van der Waals surface area (Å²) in [5.74, 6) is 1.70. The van der Waals surface area contributed by atoms with Crippen LogP contribution >= 0.6 is 0 Å². The number of hydrogen-bond donors (Lipinski definition) is 2. The average molecular weight is 221 g/mol. The topological polar surface area (TPSA) is 49.9 Å². The van der Waals surface area contributed by atoms with E-state index in [1.165, 1.54) is 25.0 Å². The quantitative estimate of drug-likeness (QED) is 0.799. The van der Waals surface area contributed by atoms with E-state index in [0.29, 0.717) is 5.92 Å². The number of aromatic nitrogens is 2. The Kier molecular flexibility index (Phi) is 2.93. The first-order valence-corrected chi connectivity index (χ1v) is 6.30. The highest BCUT2D eigenvalue weighted by molar-refractivity contribution is 5.10. The second-order valence-electron chi connectivity index (χ2n) is 4.77. The Balaban J connectivity index is 1.71. The Morgan fingerprint density at radius 2 is 2.31 bits per heavy atom. The summed E-state index contributed by atoms with van der Waals surface area (Å²) in [6, 6.07) is 0. The average Bonchev–Trinajstić information content (AvgIpc) is 3.01. The van der Waals surface area contributed by atoms with Gasteiger partial charge in [0.05, 0.1) is 18.0 Å². The summed E-state index contributed by atoms with van der Waals surface area (Å²) < 4.78 is 5.75. The summed E-state index contributed by atoms with van der Waals surface area (Å²) >= 11 is 0. The first-order chi connectivity index (χ1) is 7.93. The zero-order chi connectivity index (χ0) is 10.8. The number of rotatable bonds is 2. The number of nitrogens with one attached hydrogen (secondary N) is 2. The second kappa shape index (κ2) is 4.55. The molecule has 2 N–H and O–H groups in total. The van der Waals surface area contributed by atoms with E-state index < -0.39 is 0 Å². The van der Waals surface area contributed by atoms with Gasteiger partial charge >= 0.3 is 0 Å². The molecule has 0 aliphatic carbocycles. The highest BCUT2D eigenvalue weighted by Crippen LogP contribution is 2.28. The third-order valence-corrected chi connectivity index (χ3v) is 3.59. The second-order valence-corrected chi connectivity index (χ2v) is 4.77. The molecule has 1 aromatic heterocycles. The van der Waals surface area contributed by atoms with Gasteiger partial charge in [-0.05, 0) is 32.2 Å². The molecule has 3 rings (SSSR count). The number of aromatic amines is 1. The fraction of sp³-hybridized carbons (Fsp3) is 0.750. The fourth-order valence-corrected chi connectivity index (χ4v) is 2.60. The molecular formula is C12H19N3O. The van der Waals surface area contributed by atoms with Gasteiger partial charge in [0.25, 0.3) is 0 Å². The normalized spacial score (nSPS) is 30.8. The summed E-state index contributed by atoms with van der Waals surface area (Å²) in [4.78, 5) is 7.95. The van der Waals surface area contributed by atoms with Crippen molar-refractivity contribution in [1.82, 2.24) is 15.3 Å². The lowest BCUT2D eigenvalue weighted by Crippen LogP contribution is -2.12. The molecule has 0 saturated carbocycles. The van der Waals surface area contributed by atoms with Crippen LogP contribution in [0.5, 0.6) is 0 Å². The zero-order valence-corrected chi connectivity index (χ0v) is 9.54. The van der Waals surface area contributed by atoms with Crippen molar-refractivity contribution in [3.63, 3.8) is 0 Å². The Hall–Kier alpha value is -0.870. The zero-order valence-electron chi connectivity index (χ0n) is 9.54. The van der Waals surface area contributed by atoms with Gasteiger partial charge < -0.3 is 15.0 Å². The highest BCUT2D eigenvalue weighted by Gasteiger charge is 2.22. The van der Waals surface area contributed by atoms with Gasteiger partial charge in [-0.1, -0.05) is 0 Å². The molecule has 0 bridgehead atoms. The fourth-order valence-electron chi connectivity index (χ4n) is 2.60. The van der Waals surface area contributed by atoms with Crippen LogP contribution in [-0.4, -0.2) is 29.7 Å². The molecule has 2 atom stereocenters. The highest BCUT2D eigenvalue weighted by atomic mass is 16.5. The van der Waals surface area contributed by atoms with Crippen LogP contribution in [0.15, 0.2) is 6.20 Å². The van der Waals surface area contributed by atoms with E-state index in [9.17, 15) is 0 Å². The summed E-state index contributed by atoms with van der Waals surface area (Å²) in [5.41, 5.74) is 1.17. The van der Waals surface area contributed by atoms with Crippen LogP contribution in [0, 0.1) is 0 Å². The van der Waals surface area contributed by atoms with Crippen molar-refractivity contribution in [1.29, 1.82) is 0 Å². The first-order valence-electron chi connectivity index (χ1n) is 6.30. The van der Waals surface area contributed by atoms with Crippen LogP contribution in [-0.2, 0) is 4.74 Å². The minimum atomic E-state index is 0.254. The lowest BCUT2D eigenvalue weighted by Gasteiger charge is -2.21. The summed E-state index contributed by atoms with van der Waals surface area (Å²) in [6.07, 6.45) is 7.00. The van der Waals surface area contributed by atoms with Crippen molar-refractivity contribution < 1.29 is 4.74 Å². The van der Waals surface area contributed by atoms with E-state index in [1.54, 1.807) is 0 Å². The van der Waals surface area contributed by atoms with E-state index >= 15 is 0 Å². The molecule has 4 nitrogen and oxygen atoms in total. The molecule has 1 aromatic rings. The van der Waals surface area contributed by atoms with E-state index in [2.05, 4.69) is 15.3 Å². The van der Waals surface area contributed by atoms with Gasteiger partial charge in [-0.2, -0.15) is 0 Å². The lowest BCUT2D eigenvalue weighted by molar-refractivity contribution is 0.0125. The van der Waals surface area contributed by atoms with E-state index in [1.807, 2.05) is 6.20 Å². The molecule has 2 aliphatic heterocycles. The molecule has 2 unspecified atom stereocenters. The van der Waals surface area contributed by atoms with Gasteiger partial charge in [0.2, 0.25) is 0 Å². The number of H-pyrrole nitrogens is 1. The molecule has 2 aliphatic rings. The third kappa shape index (κ3) is 1.99. The van der Waals surface area contributed by atoms with E-state index in [0.717, 1.165) is 31.9 Å². The summed E-state index contributed by atoms with van der Waals surface area (Å²) in [5, 5.41) is 3.37. The molecule has 0 radical (unpaired) electrons. The maximum Gasteiger partial charge on any atom is 0.110 e. The molecule has 4 heteroatoms. The van der Waals surface area contributed by atoms with Crippen LogP contribution in [0.25, 0.3) is 0 Å². The molecule has 2 saturated heterocycles. The predicted octanol–water partition coefficient (Wildman–Crippen LogP) is 1.73. The van der Waals surface area contributed by atoms with Gasteiger partial charge in [-0.15, -0.1) is 0 Å². The van der Waals surface area contributed by atoms with Crippen molar-refractivity contribution in [2.75, 3.05) is 19.7 Å². The van der Waals surface area contributed by atoms with Crippen LogP contribution in [0.2, 0.25) is 0 Å². The van der Waals surface area contributed by atoms with Crippen LogP contribution in [0.3, 0.4) is 0 Å². The molecule has 2 fully saturated rings. The van der Waals surface area contributed by atoms with Crippen LogP contribution < -0.4 is 5.32 Å². The Morgan fingerprint density at radius 1 is 1.31 bits per heavy atom. The van der Waals surface area contributed by atoms with Crippen LogP contribution in [0.1, 0.15) is 49.2 Å². The number of imidazole rings is 1. The van der Waals surface area contributed by atoms with Crippen molar-refractivity contribution in [2.45, 2.75) is 37.7 Å². The standard InChI is InChI=1S/C12H19N3O/c1-2-6-16-11(3-1)10-8-14-12(15-10)9-4-5-13-7-9/h8-9,11,13H,1-7H2,(H,14,15). The minimum absolute atomic E-state index is 0.254. The smallest absolute Gasteiger partial charge is 0.110 e. The molecule has 3 heterocycles. The minimum Gasteiger partial charge on any atom is -0.372 e. The SMILES string of the molecule is c1nc(C2CCNC2)[nH]c1C1CCCCO1. The monoisotopic (exact) mass is 221 g/mol. The lowest BCUT2D eigenvalue weighted by atomic mass is 10.1. The first kappa shape index (κ1) is 10.3. The molecule has 0 spiro atoms. The van der Waals surface area contributed by atoms with Gasteiger partial charge in [0, 0.05) is 19.1 Å². The summed E-state index contributed by atoms with van der Waals surface area (Å²) in [7, 11) is 0. The molecule has 0 amide bonds. The predicted molar refractivity (Wildman–Crippen MR) is 61.4 cm³/mol. The maximum absolute atomic E-state index is 5.75. The van der Waals surface area contributed by atoms with Crippen molar-refractivity contribution in [3.05, 3.63) is 17.7 Å². The molecule has 16 heavy (non-hydrogen) atoms. The molecule has 88 valence electrons.